The number of piperidine rings is 1. The Morgan fingerprint density at radius 2 is 1.58 bits per heavy atom. The second kappa shape index (κ2) is 11.7. The van der Waals surface area contributed by atoms with Crippen molar-refractivity contribution >= 4 is 11.8 Å². The van der Waals surface area contributed by atoms with Gasteiger partial charge in [0.15, 0.2) is 0 Å². The number of alkyl halides is 3. The Morgan fingerprint density at radius 3 is 2.26 bits per heavy atom. The maximum absolute atomic E-state index is 13.6. The van der Waals surface area contributed by atoms with Gasteiger partial charge in [-0.2, -0.15) is 13.2 Å². The lowest BCUT2D eigenvalue weighted by atomic mass is 9.77. The zero-order chi connectivity index (χ0) is 27.2. The maximum Gasteiger partial charge on any atom is 0.417 e. The zero-order valence-corrected chi connectivity index (χ0v) is 21.3. The third kappa shape index (κ3) is 6.73. The number of para-hydroxylation sites is 1. The van der Waals surface area contributed by atoms with E-state index in [1.807, 2.05) is 60.7 Å². The summed E-state index contributed by atoms with van der Waals surface area (Å²) in [4.78, 5) is 29.8. The summed E-state index contributed by atoms with van der Waals surface area (Å²) in [6.07, 6.45) is -3.39. The predicted molar refractivity (Wildman–Crippen MR) is 138 cm³/mol. The number of likely N-dealkylation sites (tertiary alicyclic amines) is 1. The van der Waals surface area contributed by atoms with Gasteiger partial charge < -0.3 is 14.5 Å². The molecule has 0 bridgehead atoms. The van der Waals surface area contributed by atoms with E-state index < -0.39 is 23.1 Å². The summed E-state index contributed by atoms with van der Waals surface area (Å²) in [6.45, 7) is 1.02. The van der Waals surface area contributed by atoms with Gasteiger partial charge in [-0.3, -0.25) is 9.59 Å². The lowest BCUT2D eigenvalue weighted by Crippen LogP contribution is -2.51. The van der Waals surface area contributed by atoms with E-state index in [-0.39, 0.29) is 31.0 Å². The normalized spacial score (nSPS) is 17.6. The van der Waals surface area contributed by atoms with Crippen LogP contribution in [0.2, 0.25) is 0 Å². The van der Waals surface area contributed by atoms with Crippen molar-refractivity contribution in [1.82, 2.24) is 9.80 Å². The molecule has 0 saturated carbocycles. The van der Waals surface area contributed by atoms with Crippen LogP contribution < -0.4 is 4.74 Å². The number of halogens is 3. The second-order valence-electron chi connectivity index (χ2n) is 9.89. The molecule has 1 heterocycles. The molecular weight excluding hydrogens is 493 g/mol. The van der Waals surface area contributed by atoms with Crippen molar-refractivity contribution in [2.45, 2.75) is 32.0 Å². The van der Waals surface area contributed by atoms with Crippen molar-refractivity contribution in [3.05, 3.63) is 102 Å². The summed E-state index contributed by atoms with van der Waals surface area (Å²) in [7, 11) is 1.73. The first-order valence-electron chi connectivity index (χ1n) is 12.6. The van der Waals surface area contributed by atoms with E-state index in [4.69, 9.17) is 4.74 Å². The first kappa shape index (κ1) is 27.2. The smallest absolute Gasteiger partial charge is 0.417 e. The molecule has 0 unspecified atom stereocenters. The van der Waals surface area contributed by atoms with Gasteiger partial charge in [-0.1, -0.05) is 60.7 Å². The lowest BCUT2D eigenvalue weighted by Gasteiger charge is -2.43. The molecule has 5 nitrogen and oxygen atoms in total. The summed E-state index contributed by atoms with van der Waals surface area (Å²) < 4.78 is 47.0. The fraction of sp³-hybridized carbons (Fsp3) is 0.333. The summed E-state index contributed by atoms with van der Waals surface area (Å²) in [5.41, 5.74) is -1.10. The third-order valence-electron chi connectivity index (χ3n) is 6.91. The number of carbonyl (C=O) groups is 2. The fourth-order valence-electron chi connectivity index (χ4n) is 4.94. The van der Waals surface area contributed by atoms with Crippen molar-refractivity contribution in [2.24, 2.45) is 5.41 Å². The van der Waals surface area contributed by atoms with Crippen molar-refractivity contribution in [2.75, 3.05) is 26.7 Å². The average molecular weight is 525 g/mol. The monoisotopic (exact) mass is 524 g/mol. The minimum Gasteiger partial charge on any atom is -0.493 e. The molecule has 0 N–H and O–H groups in total. The fourth-order valence-corrected chi connectivity index (χ4v) is 4.94. The molecule has 0 radical (unpaired) electrons. The minimum atomic E-state index is -4.65. The Kier molecular flexibility index (Phi) is 8.39. The average Bonchev–Trinajstić information content (AvgIpc) is 2.92. The summed E-state index contributed by atoms with van der Waals surface area (Å²) in [5.74, 6) is -0.176. The maximum atomic E-state index is 13.6. The minimum absolute atomic E-state index is 0.105. The Morgan fingerprint density at radius 1 is 0.947 bits per heavy atom. The predicted octanol–water partition coefficient (Wildman–Crippen LogP) is 6.06. The molecule has 1 aliphatic rings. The molecule has 1 fully saturated rings. The number of amides is 2. The van der Waals surface area contributed by atoms with E-state index in [1.54, 1.807) is 11.9 Å². The second-order valence-corrected chi connectivity index (χ2v) is 9.89. The van der Waals surface area contributed by atoms with Crippen LogP contribution >= 0.6 is 0 Å². The van der Waals surface area contributed by atoms with E-state index in [1.165, 1.54) is 23.1 Å². The van der Waals surface area contributed by atoms with Crippen molar-refractivity contribution < 1.29 is 27.5 Å². The number of nitrogens with zero attached hydrogens (tertiary/aromatic N) is 2. The molecule has 0 aliphatic carbocycles. The van der Waals surface area contributed by atoms with Gasteiger partial charge in [0.25, 0.3) is 5.91 Å². The van der Waals surface area contributed by atoms with E-state index in [9.17, 15) is 22.8 Å². The molecule has 0 aromatic heterocycles. The Labute approximate surface area is 220 Å². The highest BCUT2D eigenvalue weighted by atomic mass is 19.4. The first-order valence-corrected chi connectivity index (χ1v) is 12.6. The van der Waals surface area contributed by atoms with Crippen LogP contribution in [0.3, 0.4) is 0 Å². The van der Waals surface area contributed by atoms with Crippen molar-refractivity contribution in [1.29, 1.82) is 0 Å². The highest BCUT2D eigenvalue weighted by Crippen LogP contribution is 2.37. The summed E-state index contributed by atoms with van der Waals surface area (Å²) >= 11 is 0. The van der Waals surface area contributed by atoms with E-state index in [0.29, 0.717) is 31.7 Å². The summed E-state index contributed by atoms with van der Waals surface area (Å²) in [5, 5.41) is 0. The van der Waals surface area contributed by atoms with Crippen molar-refractivity contribution in [3.8, 4) is 5.75 Å². The topological polar surface area (TPSA) is 49.9 Å². The van der Waals surface area contributed by atoms with E-state index in [0.717, 1.165) is 11.6 Å². The standard InChI is InChI=1S/C30H31F3N2O3/c1-34(20-23-11-4-2-5-12-23)27(36)19-29(22-38-24-13-6-3-7-14-24)17-10-18-35(21-29)28(37)25-15-8-9-16-26(25)30(31,32)33/h2-9,11-16H,10,17-22H2,1H3/t29-/m0/s1. The summed E-state index contributed by atoms with van der Waals surface area (Å²) in [6, 6.07) is 23.6. The van der Waals surface area contributed by atoms with E-state index >= 15 is 0 Å². The number of hydrogen-bond donors (Lipinski definition) is 0. The van der Waals surface area contributed by atoms with Gasteiger partial charge in [-0.05, 0) is 42.7 Å². The molecule has 200 valence electrons. The molecule has 1 atom stereocenters. The lowest BCUT2D eigenvalue weighted by molar-refractivity contribution is -0.138. The number of benzene rings is 3. The molecule has 3 aromatic rings. The van der Waals surface area contributed by atoms with Crippen LogP contribution in [0.4, 0.5) is 13.2 Å². The molecule has 3 aromatic carbocycles. The third-order valence-corrected chi connectivity index (χ3v) is 6.91. The van der Waals surface area contributed by atoms with Gasteiger partial charge in [0.1, 0.15) is 5.75 Å². The van der Waals surface area contributed by atoms with Crippen LogP contribution in [0.15, 0.2) is 84.9 Å². The van der Waals surface area contributed by atoms with Gasteiger partial charge in [-0.25, -0.2) is 0 Å². The number of rotatable bonds is 8. The molecule has 4 rings (SSSR count). The quantitative estimate of drug-likeness (QED) is 0.360. The molecule has 38 heavy (non-hydrogen) atoms. The van der Waals surface area contributed by atoms with Crippen LogP contribution in [0, 0.1) is 5.41 Å². The first-order chi connectivity index (χ1) is 18.2. The number of carbonyl (C=O) groups excluding carboxylic acids is 2. The Bertz CT molecular complexity index is 1230. The molecule has 0 spiro atoms. The van der Waals surface area contributed by atoms with Gasteiger partial charge in [0, 0.05) is 38.5 Å². The van der Waals surface area contributed by atoms with Crippen LogP contribution in [-0.2, 0) is 17.5 Å². The van der Waals surface area contributed by atoms with Crippen LogP contribution in [-0.4, -0.2) is 48.4 Å². The zero-order valence-electron chi connectivity index (χ0n) is 21.3. The Balaban J connectivity index is 1.57. The molecule has 1 aliphatic heterocycles. The highest BCUT2D eigenvalue weighted by Gasteiger charge is 2.42. The Hall–Kier alpha value is -3.81. The van der Waals surface area contributed by atoms with Gasteiger partial charge >= 0.3 is 6.18 Å². The van der Waals surface area contributed by atoms with Gasteiger partial charge in [0.05, 0.1) is 17.7 Å². The number of hydrogen-bond acceptors (Lipinski definition) is 3. The van der Waals surface area contributed by atoms with Crippen LogP contribution in [0.5, 0.6) is 5.75 Å². The number of ether oxygens (including phenoxy) is 1. The van der Waals surface area contributed by atoms with Crippen LogP contribution in [0.1, 0.15) is 40.7 Å². The van der Waals surface area contributed by atoms with E-state index in [2.05, 4.69) is 0 Å². The van der Waals surface area contributed by atoms with Crippen molar-refractivity contribution in [3.63, 3.8) is 0 Å². The van der Waals surface area contributed by atoms with Crippen LogP contribution in [0.25, 0.3) is 0 Å². The molecular formula is C30H31F3N2O3. The molecule has 2 amide bonds. The van der Waals surface area contributed by atoms with Gasteiger partial charge in [-0.15, -0.1) is 0 Å². The van der Waals surface area contributed by atoms with Gasteiger partial charge in [0.2, 0.25) is 5.91 Å². The largest absolute Gasteiger partial charge is 0.493 e. The molecule has 8 heteroatoms. The SMILES string of the molecule is CN(Cc1ccccc1)C(=O)C[C@@]1(COc2ccccc2)CCCN(C(=O)c2ccccc2C(F)(F)F)C1. The molecule has 1 saturated heterocycles. The highest BCUT2D eigenvalue weighted by molar-refractivity contribution is 5.96.